The van der Waals surface area contributed by atoms with Crippen LogP contribution >= 0.6 is 0 Å². The monoisotopic (exact) mass is 325 g/mol. The molecule has 1 atom stereocenters. The molecule has 1 aromatic heterocycles. The fraction of sp³-hybridized carbons (Fsp3) is 0.231. The Balaban J connectivity index is 1.70. The quantitative estimate of drug-likeness (QED) is 0.901. The third-order valence-corrected chi connectivity index (χ3v) is 3.26. The lowest BCUT2D eigenvalue weighted by Crippen LogP contribution is -2.23. The smallest absolute Gasteiger partial charge is 0.326 e. The van der Waals surface area contributed by atoms with Crippen LogP contribution in [0.15, 0.2) is 30.6 Å². The van der Waals surface area contributed by atoms with Gasteiger partial charge in [-0.15, -0.1) is 0 Å². The van der Waals surface area contributed by atoms with Gasteiger partial charge in [0, 0.05) is 5.69 Å². The minimum absolute atomic E-state index is 0.00189. The van der Waals surface area contributed by atoms with E-state index in [1.807, 2.05) is 0 Å². The molecule has 2 amide bonds. The van der Waals surface area contributed by atoms with Crippen molar-refractivity contribution in [3.63, 3.8) is 0 Å². The Morgan fingerprint density at radius 2 is 2.17 bits per heavy atom. The summed E-state index contributed by atoms with van der Waals surface area (Å²) >= 11 is 0. The summed E-state index contributed by atoms with van der Waals surface area (Å²) in [6, 6.07) is 3.38. The van der Waals surface area contributed by atoms with Gasteiger partial charge in [0.25, 0.3) is 5.91 Å². The predicted octanol–water partition coefficient (Wildman–Crippen LogP) is 1.82. The van der Waals surface area contributed by atoms with E-state index < -0.39 is 29.6 Å². The second kappa shape index (κ2) is 5.38. The van der Waals surface area contributed by atoms with Crippen LogP contribution in [0.5, 0.6) is 0 Å². The van der Waals surface area contributed by atoms with E-state index in [0.717, 1.165) is 12.1 Å². The SMILES string of the molecule is O=C(CC1C(=O)Nc2ncnn21)Nc1cccc(C(F)(F)F)c1. The zero-order valence-electron chi connectivity index (χ0n) is 11.5. The molecule has 0 saturated heterocycles. The number of carbonyl (C=O) groups is 2. The van der Waals surface area contributed by atoms with Crippen LogP contribution in [-0.4, -0.2) is 26.6 Å². The van der Waals surface area contributed by atoms with Crippen LogP contribution in [0, 0.1) is 0 Å². The van der Waals surface area contributed by atoms with Crippen molar-refractivity contribution in [2.45, 2.75) is 18.6 Å². The fourth-order valence-electron chi connectivity index (χ4n) is 2.21. The summed E-state index contributed by atoms with van der Waals surface area (Å²) in [5, 5.41) is 8.62. The molecule has 1 unspecified atom stereocenters. The highest BCUT2D eigenvalue weighted by Gasteiger charge is 2.34. The summed E-state index contributed by atoms with van der Waals surface area (Å²) in [4.78, 5) is 27.5. The van der Waals surface area contributed by atoms with Crippen molar-refractivity contribution < 1.29 is 22.8 Å². The van der Waals surface area contributed by atoms with Crippen LogP contribution in [0.2, 0.25) is 0 Å². The number of hydrogen-bond donors (Lipinski definition) is 2. The number of nitrogens with one attached hydrogen (secondary N) is 2. The molecule has 23 heavy (non-hydrogen) atoms. The average molecular weight is 325 g/mol. The first kappa shape index (κ1) is 15.0. The van der Waals surface area contributed by atoms with Gasteiger partial charge in [0.2, 0.25) is 11.9 Å². The van der Waals surface area contributed by atoms with E-state index in [-0.39, 0.29) is 18.1 Å². The van der Waals surface area contributed by atoms with Gasteiger partial charge in [-0.2, -0.15) is 23.3 Å². The van der Waals surface area contributed by atoms with Crippen LogP contribution < -0.4 is 10.6 Å². The molecule has 2 aromatic rings. The van der Waals surface area contributed by atoms with E-state index in [1.54, 1.807) is 0 Å². The Labute approximate surface area is 127 Å². The maximum atomic E-state index is 12.6. The maximum absolute atomic E-state index is 12.6. The summed E-state index contributed by atoms with van der Waals surface area (Å²) in [7, 11) is 0. The van der Waals surface area contributed by atoms with Gasteiger partial charge in [0.1, 0.15) is 12.4 Å². The van der Waals surface area contributed by atoms with E-state index in [2.05, 4.69) is 20.7 Å². The second-order valence-corrected chi connectivity index (χ2v) is 4.86. The first-order valence-electron chi connectivity index (χ1n) is 6.52. The molecule has 120 valence electrons. The van der Waals surface area contributed by atoms with Gasteiger partial charge in [0.05, 0.1) is 12.0 Å². The number of benzene rings is 1. The van der Waals surface area contributed by atoms with Crippen LogP contribution in [-0.2, 0) is 15.8 Å². The molecule has 0 aliphatic carbocycles. The number of carbonyl (C=O) groups excluding carboxylic acids is 2. The Hall–Kier alpha value is -2.91. The Morgan fingerprint density at radius 3 is 2.91 bits per heavy atom. The lowest BCUT2D eigenvalue weighted by Gasteiger charge is -2.11. The van der Waals surface area contributed by atoms with Crippen molar-refractivity contribution in [1.29, 1.82) is 0 Å². The summed E-state index contributed by atoms with van der Waals surface area (Å²) in [6.07, 6.45) is -3.54. The predicted molar refractivity (Wildman–Crippen MR) is 72.4 cm³/mol. The number of fused-ring (bicyclic) bond motifs is 1. The maximum Gasteiger partial charge on any atom is 0.416 e. The first-order chi connectivity index (χ1) is 10.8. The summed E-state index contributed by atoms with van der Waals surface area (Å²) in [5.74, 6) is -0.820. The number of halogens is 3. The number of hydrogen-bond acceptors (Lipinski definition) is 4. The number of amides is 2. The number of rotatable bonds is 3. The zero-order chi connectivity index (χ0) is 16.6. The molecule has 1 aliphatic rings. The molecule has 10 heteroatoms. The minimum Gasteiger partial charge on any atom is -0.326 e. The average Bonchev–Trinajstić information content (AvgIpc) is 3.01. The molecular weight excluding hydrogens is 315 g/mol. The van der Waals surface area contributed by atoms with E-state index in [4.69, 9.17) is 0 Å². The van der Waals surface area contributed by atoms with Crippen LogP contribution in [0.4, 0.5) is 24.8 Å². The van der Waals surface area contributed by atoms with Gasteiger partial charge in [-0.3, -0.25) is 14.9 Å². The zero-order valence-corrected chi connectivity index (χ0v) is 11.5. The molecular formula is C13H10F3N5O2. The van der Waals surface area contributed by atoms with E-state index in [0.29, 0.717) is 0 Å². The molecule has 2 N–H and O–H groups in total. The van der Waals surface area contributed by atoms with Crippen molar-refractivity contribution in [2.75, 3.05) is 10.6 Å². The van der Waals surface area contributed by atoms with Crippen LogP contribution in [0.25, 0.3) is 0 Å². The van der Waals surface area contributed by atoms with Gasteiger partial charge in [0.15, 0.2) is 0 Å². The highest BCUT2D eigenvalue weighted by atomic mass is 19.4. The second-order valence-electron chi connectivity index (χ2n) is 4.86. The third-order valence-electron chi connectivity index (χ3n) is 3.26. The van der Waals surface area contributed by atoms with Crippen molar-refractivity contribution in [2.24, 2.45) is 0 Å². The summed E-state index contributed by atoms with van der Waals surface area (Å²) < 4.78 is 39.1. The molecule has 3 rings (SSSR count). The van der Waals surface area contributed by atoms with Gasteiger partial charge in [-0.05, 0) is 18.2 Å². The molecule has 7 nitrogen and oxygen atoms in total. The number of nitrogens with zero attached hydrogens (tertiary/aromatic N) is 3. The molecule has 0 spiro atoms. The Kier molecular flexibility index (Phi) is 3.51. The minimum atomic E-state index is -4.50. The van der Waals surface area contributed by atoms with E-state index >= 15 is 0 Å². The first-order valence-corrected chi connectivity index (χ1v) is 6.52. The normalized spacial score (nSPS) is 16.8. The highest BCUT2D eigenvalue weighted by molar-refractivity contribution is 6.00. The lowest BCUT2D eigenvalue weighted by molar-refractivity contribution is -0.137. The van der Waals surface area contributed by atoms with Gasteiger partial charge >= 0.3 is 6.18 Å². The standard InChI is InChI=1S/C13H10F3N5O2/c14-13(15,16)7-2-1-3-8(4-7)19-10(22)5-9-11(23)20-12-17-6-18-21(9)12/h1-4,6,9H,5H2,(H,19,22)(H,17,18,20,23). The molecule has 1 aliphatic heterocycles. The van der Waals surface area contributed by atoms with Crippen molar-refractivity contribution in [3.8, 4) is 0 Å². The van der Waals surface area contributed by atoms with Gasteiger partial charge < -0.3 is 5.32 Å². The van der Waals surface area contributed by atoms with Crippen LogP contribution in [0.3, 0.4) is 0 Å². The van der Waals surface area contributed by atoms with Crippen molar-refractivity contribution in [3.05, 3.63) is 36.2 Å². The lowest BCUT2D eigenvalue weighted by atomic mass is 10.1. The number of anilines is 2. The molecule has 1 aromatic carbocycles. The largest absolute Gasteiger partial charge is 0.416 e. The van der Waals surface area contributed by atoms with Crippen LogP contribution in [0.1, 0.15) is 18.0 Å². The fourth-order valence-corrected chi connectivity index (χ4v) is 2.21. The van der Waals surface area contributed by atoms with Crippen molar-refractivity contribution in [1.82, 2.24) is 14.8 Å². The van der Waals surface area contributed by atoms with E-state index in [9.17, 15) is 22.8 Å². The molecule has 0 radical (unpaired) electrons. The molecule has 0 saturated carbocycles. The summed E-state index contributed by atoms with van der Waals surface area (Å²) in [5.41, 5.74) is -0.866. The van der Waals surface area contributed by atoms with Gasteiger partial charge in [-0.25, -0.2) is 4.68 Å². The highest BCUT2D eigenvalue weighted by Crippen LogP contribution is 2.31. The van der Waals surface area contributed by atoms with Crippen molar-refractivity contribution >= 4 is 23.5 Å². The van der Waals surface area contributed by atoms with Gasteiger partial charge in [-0.1, -0.05) is 6.07 Å². The summed E-state index contributed by atoms with van der Waals surface area (Å²) in [6.45, 7) is 0. The molecule has 2 heterocycles. The topological polar surface area (TPSA) is 88.9 Å². The Morgan fingerprint density at radius 1 is 1.39 bits per heavy atom. The number of alkyl halides is 3. The number of aromatic nitrogens is 3. The Bertz CT molecular complexity index is 771. The third kappa shape index (κ3) is 3.00. The van der Waals surface area contributed by atoms with E-state index in [1.165, 1.54) is 23.1 Å². The molecule has 0 fully saturated rings. The molecule has 0 bridgehead atoms.